The first-order valence-corrected chi connectivity index (χ1v) is 6.99. The van der Waals surface area contributed by atoms with Crippen LogP contribution in [0, 0.1) is 13.8 Å². The smallest absolute Gasteiger partial charge is 0.0645 e. The van der Waals surface area contributed by atoms with E-state index in [1.54, 1.807) is 6.20 Å². The minimum atomic E-state index is 0.783. The van der Waals surface area contributed by atoms with Crippen molar-refractivity contribution in [2.75, 3.05) is 5.32 Å². The number of anilines is 1. The Morgan fingerprint density at radius 2 is 1.86 bits per heavy atom. The Labute approximate surface area is 124 Å². The standard InChI is InChI=1S/C17H18N4/c1-13-4-9-17(14(2)20-13)18-12-15-5-7-16(8-6-15)21-11-3-10-19-21/h3-11,18H,12H2,1-2H3. The van der Waals surface area contributed by atoms with Gasteiger partial charge >= 0.3 is 0 Å². The third-order valence-corrected chi connectivity index (χ3v) is 3.41. The SMILES string of the molecule is Cc1ccc(NCc2ccc(-n3cccn3)cc2)c(C)n1. The van der Waals surface area contributed by atoms with Gasteiger partial charge in [0.2, 0.25) is 0 Å². The first kappa shape index (κ1) is 13.4. The zero-order valence-electron chi connectivity index (χ0n) is 12.2. The van der Waals surface area contributed by atoms with Crippen LogP contribution in [-0.4, -0.2) is 14.8 Å². The summed E-state index contributed by atoms with van der Waals surface area (Å²) in [5, 5.41) is 7.65. The summed E-state index contributed by atoms with van der Waals surface area (Å²) in [4.78, 5) is 4.46. The predicted octanol–water partition coefficient (Wildman–Crippen LogP) is 3.50. The van der Waals surface area contributed by atoms with Crippen molar-refractivity contribution in [2.45, 2.75) is 20.4 Å². The molecule has 0 saturated carbocycles. The molecule has 1 aromatic carbocycles. The third kappa shape index (κ3) is 3.11. The van der Waals surface area contributed by atoms with Crippen molar-refractivity contribution >= 4 is 5.69 Å². The number of hydrogen-bond acceptors (Lipinski definition) is 3. The van der Waals surface area contributed by atoms with Gasteiger partial charge in [-0.05, 0) is 49.7 Å². The second-order valence-corrected chi connectivity index (χ2v) is 5.06. The predicted molar refractivity (Wildman–Crippen MR) is 84.6 cm³/mol. The molecule has 0 amide bonds. The van der Waals surface area contributed by atoms with Gasteiger partial charge in [0, 0.05) is 24.6 Å². The van der Waals surface area contributed by atoms with Crippen LogP contribution in [0.2, 0.25) is 0 Å². The second-order valence-electron chi connectivity index (χ2n) is 5.06. The normalized spacial score (nSPS) is 10.6. The largest absolute Gasteiger partial charge is 0.380 e. The highest BCUT2D eigenvalue weighted by Gasteiger charge is 2.01. The molecule has 0 atom stereocenters. The van der Waals surface area contributed by atoms with Crippen LogP contribution in [0.5, 0.6) is 0 Å². The Hall–Kier alpha value is -2.62. The lowest BCUT2D eigenvalue weighted by atomic mass is 10.2. The van der Waals surface area contributed by atoms with Crippen LogP contribution in [0.25, 0.3) is 5.69 Å². The minimum Gasteiger partial charge on any atom is -0.380 e. The highest BCUT2D eigenvalue weighted by atomic mass is 15.3. The number of nitrogens with zero attached hydrogens (tertiary/aromatic N) is 3. The molecule has 21 heavy (non-hydrogen) atoms. The molecule has 0 spiro atoms. The van der Waals surface area contributed by atoms with E-state index in [0.717, 1.165) is 29.3 Å². The molecule has 0 unspecified atom stereocenters. The Bertz CT molecular complexity index is 715. The maximum absolute atomic E-state index is 4.46. The lowest BCUT2D eigenvalue weighted by Crippen LogP contribution is -2.03. The van der Waals surface area contributed by atoms with Crippen LogP contribution in [0.4, 0.5) is 5.69 Å². The van der Waals surface area contributed by atoms with Gasteiger partial charge in [0.15, 0.2) is 0 Å². The number of benzene rings is 1. The summed E-state index contributed by atoms with van der Waals surface area (Å²) in [5.41, 5.74) is 5.45. The average Bonchev–Trinajstić information content (AvgIpc) is 3.01. The van der Waals surface area contributed by atoms with Crippen molar-refractivity contribution in [1.29, 1.82) is 0 Å². The monoisotopic (exact) mass is 278 g/mol. The summed E-state index contributed by atoms with van der Waals surface area (Å²) in [6.45, 7) is 4.81. The summed E-state index contributed by atoms with van der Waals surface area (Å²) < 4.78 is 1.85. The number of nitrogens with one attached hydrogen (secondary N) is 1. The Kier molecular flexibility index (Phi) is 3.69. The molecule has 1 N–H and O–H groups in total. The van der Waals surface area contributed by atoms with E-state index in [1.807, 2.05) is 36.9 Å². The molecule has 2 heterocycles. The van der Waals surface area contributed by atoms with E-state index in [2.05, 4.69) is 45.7 Å². The Morgan fingerprint density at radius 3 is 2.52 bits per heavy atom. The molecule has 0 bridgehead atoms. The van der Waals surface area contributed by atoms with E-state index in [1.165, 1.54) is 5.56 Å². The van der Waals surface area contributed by atoms with E-state index < -0.39 is 0 Å². The summed E-state index contributed by atoms with van der Waals surface area (Å²) in [6.07, 6.45) is 3.72. The lowest BCUT2D eigenvalue weighted by Gasteiger charge is -2.10. The number of hydrogen-bond donors (Lipinski definition) is 1. The zero-order chi connectivity index (χ0) is 14.7. The van der Waals surface area contributed by atoms with Gasteiger partial charge < -0.3 is 5.32 Å². The van der Waals surface area contributed by atoms with Gasteiger partial charge in [0.1, 0.15) is 0 Å². The molecule has 0 saturated heterocycles. The van der Waals surface area contributed by atoms with Crippen molar-refractivity contribution in [3.63, 3.8) is 0 Å². The number of aromatic nitrogens is 3. The van der Waals surface area contributed by atoms with Crippen LogP contribution in [0.15, 0.2) is 54.9 Å². The fourth-order valence-corrected chi connectivity index (χ4v) is 2.26. The molecule has 3 rings (SSSR count). The van der Waals surface area contributed by atoms with Crippen molar-refractivity contribution in [3.05, 3.63) is 71.8 Å². The molecule has 4 heteroatoms. The van der Waals surface area contributed by atoms with E-state index >= 15 is 0 Å². The van der Waals surface area contributed by atoms with E-state index in [4.69, 9.17) is 0 Å². The molecule has 0 aliphatic rings. The summed E-state index contributed by atoms with van der Waals surface area (Å²) in [6, 6.07) is 14.4. The van der Waals surface area contributed by atoms with Crippen LogP contribution in [-0.2, 0) is 6.54 Å². The Balaban J connectivity index is 1.68. The van der Waals surface area contributed by atoms with Gasteiger partial charge in [0.25, 0.3) is 0 Å². The van der Waals surface area contributed by atoms with E-state index in [0.29, 0.717) is 0 Å². The van der Waals surface area contributed by atoms with E-state index in [9.17, 15) is 0 Å². The maximum Gasteiger partial charge on any atom is 0.0645 e. The van der Waals surface area contributed by atoms with Crippen molar-refractivity contribution in [1.82, 2.24) is 14.8 Å². The fraction of sp³-hybridized carbons (Fsp3) is 0.176. The summed E-state index contributed by atoms with van der Waals surface area (Å²) in [7, 11) is 0. The second kappa shape index (κ2) is 5.79. The molecule has 0 radical (unpaired) electrons. The van der Waals surface area contributed by atoms with Gasteiger partial charge in [-0.15, -0.1) is 0 Å². The molecular formula is C17H18N4. The number of rotatable bonds is 4. The van der Waals surface area contributed by atoms with Gasteiger partial charge in [-0.1, -0.05) is 12.1 Å². The molecule has 106 valence electrons. The fourth-order valence-electron chi connectivity index (χ4n) is 2.26. The molecular weight excluding hydrogens is 260 g/mol. The number of pyridine rings is 1. The first-order chi connectivity index (χ1) is 10.2. The van der Waals surface area contributed by atoms with Gasteiger partial charge in [-0.25, -0.2) is 4.68 Å². The summed E-state index contributed by atoms with van der Waals surface area (Å²) in [5.74, 6) is 0. The van der Waals surface area contributed by atoms with Gasteiger partial charge in [0.05, 0.1) is 17.1 Å². The van der Waals surface area contributed by atoms with Crippen molar-refractivity contribution in [3.8, 4) is 5.69 Å². The molecule has 4 nitrogen and oxygen atoms in total. The zero-order valence-corrected chi connectivity index (χ0v) is 12.2. The summed E-state index contributed by atoms with van der Waals surface area (Å²) >= 11 is 0. The third-order valence-electron chi connectivity index (χ3n) is 3.41. The minimum absolute atomic E-state index is 0.783. The molecule has 0 aliphatic carbocycles. The highest BCUT2D eigenvalue weighted by Crippen LogP contribution is 2.15. The first-order valence-electron chi connectivity index (χ1n) is 6.99. The van der Waals surface area contributed by atoms with Crippen LogP contribution in [0.3, 0.4) is 0 Å². The van der Waals surface area contributed by atoms with Crippen molar-refractivity contribution < 1.29 is 0 Å². The molecule has 0 aliphatic heterocycles. The van der Waals surface area contributed by atoms with Crippen LogP contribution in [0.1, 0.15) is 17.0 Å². The molecule has 0 fully saturated rings. The highest BCUT2D eigenvalue weighted by molar-refractivity contribution is 5.48. The maximum atomic E-state index is 4.46. The lowest BCUT2D eigenvalue weighted by molar-refractivity contribution is 0.879. The molecule has 2 aromatic heterocycles. The van der Waals surface area contributed by atoms with Gasteiger partial charge in [-0.3, -0.25) is 4.98 Å². The number of aryl methyl sites for hydroxylation is 2. The molecule has 3 aromatic rings. The van der Waals surface area contributed by atoms with Gasteiger partial charge in [-0.2, -0.15) is 5.10 Å². The quantitative estimate of drug-likeness (QED) is 0.794. The topological polar surface area (TPSA) is 42.7 Å². The Morgan fingerprint density at radius 1 is 1.05 bits per heavy atom. The van der Waals surface area contributed by atoms with E-state index in [-0.39, 0.29) is 0 Å². The van der Waals surface area contributed by atoms with Crippen LogP contribution < -0.4 is 5.32 Å². The van der Waals surface area contributed by atoms with Crippen molar-refractivity contribution in [2.24, 2.45) is 0 Å². The van der Waals surface area contributed by atoms with Crippen LogP contribution >= 0.6 is 0 Å². The average molecular weight is 278 g/mol.